The standard InChI is InChI=1S/C43H30N2/c1-44-40-18-10-8-17-36(40)39-28-33(30-14-6-3-7-15-30)27-37(43(39)44)32-22-25-42-38(26-32)35-16-9-11-19-41(35)45(42)34-23-20-31(21-24-34)29-12-4-2-5-13-29/h2-28H,1H3. The Morgan fingerprint density at radius 1 is 0.356 bits per heavy atom. The quantitative estimate of drug-likeness (QED) is 0.198. The Morgan fingerprint density at radius 3 is 1.58 bits per heavy atom. The van der Waals surface area contributed by atoms with Crippen molar-refractivity contribution in [2.45, 2.75) is 0 Å². The molecule has 0 N–H and O–H groups in total. The molecule has 0 unspecified atom stereocenters. The number of hydrogen-bond donors (Lipinski definition) is 0. The van der Waals surface area contributed by atoms with E-state index < -0.39 is 0 Å². The molecule has 0 bridgehead atoms. The molecule has 2 nitrogen and oxygen atoms in total. The highest BCUT2D eigenvalue weighted by atomic mass is 15.0. The van der Waals surface area contributed by atoms with Crippen LogP contribution in [0, 0.1) is 0 Å². The molecule has 2 aromatic heterocycles. The first-order valence-electron chi connectivity index (χ1n) is 15.5. The zero-order chi connectivity index (χ0) is 29.9. The fourth-order valence-corrected chi connectivity index (χ4v) is 7.18. The Hall–Kier alpha value is -5.86. The number of nitrogens with zero attached hydrogens (tertiary/aromatic N) is 2. The van der Waals surface area contributed by atoms with Crippen molar-refractivity contribution in [2.75, 3.05) is 0 Å². The van der Waals surface area contributed by atoms with Gasteiger partial charge in [-0.2, -0.15) is 0 Å². The Balaban J connectivity index is 1.28. The highest BCUT2D eigenvalue weighted by Gasteiger charge is 2.18. The maximum Gasteiger partial charge on any atom is 0.0568 e. The van der Waals surface area contributed by atoms with Gasteiger partial charge in [0.1, 0.15) is 0 Å². The van der Waals surface area contributed by atoms with Crippen LogP contribution < -0.4 is 0 Å². The van der Waals surface area contributed by atoms with Crippen molar-refractivity contribution >= 4 is 43.6 Å². The van der Waals surface area contributed by atoms with Crippen LogP contribution in [0.4, 0.5) is 0 Å². The average Bonchev–Trinajstić information content (AvgIpc) is 3.60. The van der Waals surface area contributed by atoms with Gasteiger partial charge in [-0.3, -0.25) is 0 Å². The lowest BCUT2D eigenvalue weighted by Crippen LogP contribution is -1.94. The molecule has 0 amide bonds. The normalized spacial score (nSPS) is 11.7. The Kier molecular flexibility index (Phi) is 5.76. The first kappa shape index (κ1) is 25.6. The summed E-state index contributed by atoms with van der Waals surface area (Å²) in [5.41, 5.74) is 13.5. The van der Waals surface area contributed by atoms with Crippen LogP contribution in [0.2, 0.25) is 0 Å². The van der Waals surface area contributed by atoms with E-state index in [2.05, 4.69) is 180 Å². The predicted octanol–water partition coefficient (Wildman–Crippen LogP) is 11.4. The van der Waals surface area contributed by atoms with Crippen LogP contribution in [-0.2, 0) is 7.05 Å². The first-order chi connectivity index (χ1) is 22.2. The van der Waals surface area contributed by atoms with Crippen LogP contribution >= 0.6 is 0 Å². The zero-order valence-corrected chi connectivity index (χ0v) is 25.0. The minimum absolute atomic E-state index is 1.16. The minimum Gasteiger partial charge on any atom is -0.343 e. The molecular weight excluding hydrogens is 544 g/mol. The van der Waals surface area contributed by atoms with Crippen molar-refractivity contribution in [3.63, 3.8) is 0 Å². The van der Waals surface area contributed by atoms with E-state index >= 15 is 0 Å². The molecule has 0 spiro atoms. The Bertz CT molecular complexity index is 2510. The van der Waals surface area contributed by atoms with E-state index in [1.54, 1.807) is 0 Å². The van der Waals surface area contributed by atoms with Crippen molar-refractivity contribution in [2.24, 2.45) is 7.05 Å². The second-order valence-corrected chi connectivity index (χ2v) is 11.9. The number of benzene rings is 7. The molecule has 45 heavy (non-hydrogen) atoms. The third kappa shape index (κ3) is 4.03. The summed E-state index contributed by atoms with van der Waals surface area (Å²) >= 11 is 0. The molecule has 7 aromatic carbocycles. The monoisotopic (exact) mass is 574 g/mol. The number of aryl methyl sites for hydroxylation is 1. The van der Waals surface area contributed by atoms with Crippen LogP contribution in [-0.4, -0.2) is 9.13 Å². The molecule has 0 aliphatic rings. The van der Waals surface area contributed by atoms with E-state index in [4.69, 9.17) is 0 Å². The summed E-state index contributed by atoms with van der Waals surface area (Å²) in [5.74, 6) is 0. The lowest BCUT2D eigenvalue weighted by molar-refractivity contribution is 1.02. The summed E-state index contributed by atoms with van der Waals surface area (Å²) in [6.45, 7) is 0. The smallest absolute Gasteiger partial charge is 0.0568 e. The summed E-state index contributed by atoms with van der Waals surface area (Å²) < 4.78 is 4.76. The van der Waals surface area contributed by atoms with Gasteiger partial charge < -0.3 is 9.13 Å². The summed E-state index contributed by atoms with van der Waals surface area (Å²) in [6, 6.07) is 59.5. The minimum atomic E-state index is 1.16. The van der Waals surface area contributed by atoms with Gasteiger partial charge in [-0.05, 0) is 76.3 Å². The summed E-state index contributed by atoms with van der Waals surface area (Å²) in [7, 11) is 2.19. The number of fused-ring (bicyclic) bond motifs is 6. The number of aromatic nitrogens is 2. The third-order valence-corrected chi connectivity index (χ3v) is 9.32. The first-order valence-corrected chi connectivity index (χ1v) is 15.5. The second kappa shape index (κ2) is 10.1. The maximum absolute atomic E-state index is 2.40. The van der Waals surface area contributed by atoms with E-state index in [0.717, 1.165) is 5.69 Å². The van der Waals surface area contributed by atoms with Gasteiger partial charge in [0.2, 0.25) is 0 Å². The van der Waals surface area contributed by atoms with Crippen molar-refractivity contribution in [3.05, 3.63) is 164 Å². The molecule has 0 radical (unpaired) electrons. The van der Waals surface area contributed by atoms with Gasteiger partial charge in [0.15, 0.2) is 0 Å². The Morgan fingerprint density at radius 2 is 0.867 bits per heavy atom. The molecule has 2 heteroatoms. The molecule has 2 heterocycles. The number of rotatable bonds is 4. The van der Waals surface area contributed by atoms with Crippen molar-refractivity contribution in [1.82, 2.24) is 9.13 Å². The van der Waals surface area contributed by atoms with Gasteiger partial charge in [0.25, 0.3) is 0 Å². The van der Waals surface area contributed by atoms with Gasteiger partial charge >= 0.3 is 0 Å². The number of hydrogen-bond acceptors (Lipinski definition) is 0. The molecule has 0 atom stereocenters. The average molecular weight is 575 g/mol. The topological polar surface area (TPSA) is 9.86 Å². The molecule has 0 aliphatic heterocycles. The highest BCUT2D eigenvalue weighted by Crippen LogP contribution is 2.41. The molecule has 9 aromatic rings. The molecule has 0 saturated carbocycles. The van der Waals surface area contributed by atoms with Crippen LogP contribution in [0.5, 0.6) is 0 Å². The molecular formula is C43H30N2. The van der Waals surface area contributed by atoms with Gasteiger partial charge in [-0.1, -0.05) is 115 Å². The molecule has 0 fully saturated rings. The molecule has 212 valence electrons. The van der Waals surface area contributed by atoms with E-state index in [0.29, 0.717) is 0 Å². The van der Waals surface area contributed by atoms with Gasteiger partial charge in [0, 0.05) is 45.4 Å². The fraction of sp³-hybridized carbons (Fsp3) is 0.0233. The van der Waals surface area contributed by atoms with Crippen LogP contribution in [0.1, 0.15) is 0 Å². The summed E-state index contributed by atoms with van der Waals surface area (Å²) in [4.78, 5) is 0. The maximum atomic E-state index is 2.40. The van der Waals surface area contributed by atoms with Crippen LogP contribution in [0.15, 0.2) is 164 Å². The van der Waals surface area contributed by atoms with Crippen molar-refractivity contribution in [3.8, 4) is 39.1 Å². The highest BCUT2D eigenvalue weighted by molar-refractivity contribution is 6.16. The van der Waals surface area contributed by atoms with Crippen LogP contribution in [0.3, 0.4) is 0 Å². The van der Waals surface area contributed by atoms with E-state index in [9.17, 15) is 0 Å². The Labute approximate surface area is 262 Å². The lowest BCUT2D eigenvalue weighted by atomic mass is 9.94. The third-order valence-electron chi connectivity index (χ3n) is 9.32. The number of para-hydroxylation sites is 2. The largest absolute Gasteiger partial charge is 0.343 e. The fourth-order valence-electron chi connectivity index (χ4n) is 7.18. The van der Waals surface area contributed by atoms with Gasteiger partial charge in [0.05, 0.1) is 16.6 Å². The van der Waals surface area contributed by atoms with Gasteiger partial charge in [-0.25, -0.2) is 0 Å². The zero-order valence-electron chi connectivity index (χ0n) is 25.0. The van der Waals surface area contributed by atoms with Crippen molar-refractivity contribution < 1.29 is 0 Å². The predicted molar refractivity (Wildman–Crippen MR) is 191 cm³/mol. The molecule has 0 saturated heterocycles. The summed E-state index contributed by atoms with van der Waals surface area (Å²) in [6.07, 6.45) is 0. The van der Waals surface area contributed by atoms with E-state index in [1.165, 1.54) is 77.0 Å². The molecule has 9 rings (SSSR count). The van der Waals surface area contributed by atoms with E-state index in [1.807, 2.05) is 0 Å². The lowest BCUT2D eigenvalue weighted by Gasteiger charge is -2.12. The van der Waals surface area contributed by atoms with Crippen LogP contribution in [0.25, 0.3) is 82.7 Å². The van der Waals surface area contributed by atoms with Gasteiger partial charge in [-0.15, -0.1) is 0 Å². The SMILES string of the molecule is Cn1c2ccccc2c2cc(-c3ccccc3)cc(-c3ccc4c(c3)c3ccccc3n4-c3ccc(-c4ccccc4)cc3)c21. The van der Waals surface area contributed by atoms with Crippen molar-refractivity contribution in [1.29, 1.82) is 0 Å². The summed E-state index contributed by atoms with van der Waals surface area (Å²) in [5, 5.41) is 5.08. The van der Waals surface area contributed by atoms with E-state index in [-0.39, 0.29) is 0 Å². The second-order valence-electron chi connectivity index (χ2n) is 11.9. The molecule has 0 aliphatic carbocycles.